The molecule has 19 heavy (non-hydrogen) atoms. The minimum atomic E-state index is -0.766. The Bertz CT molecular complexity index is 463. The van der Waals surface area contributed by atoms with Gasteiger partial charge in [0.1, 0.15) is 0 Å². The van der Waals surface area contributed by atoms with E-state index >= 15 is 0 Å². The average Bonchev–Trinajstić information content (AvgIpc) is 2.81. The maximum Gasteiger partial charge on any atom is 0.159 e. The number of fused-ring (bicyclic) bond motifs is 1. The van der Waals surface area contributed by atoms with Gasteiger partial charge in [0.2, 0.25) is 0 Å². The monoisotopic (exact) mass is 266 g/mol. The summed E-state index contributed by atoms with van der Waals surface area (Å²) in [5.41, 5.74) is 0.859. The van der Waals surface area contributed by atoms with Crippen LogP contribution in [0.5, 0.6) is 0 Å². The van der Waals surface area contributed by atoms with Crippen molar-refractivity contribution < 1.29 is 8.78 Å². The molecule has 1 aromatic rings. The molecule has 2 atom stereocenters. The van der Waals surface area contributed by atoms with Gasteiger partial charge in [-0.25, -0.2) is 8.78 Å². The molecule has 3 rings (SSSR count). The molecule has 2 aliphatic rings. The molecule has 0 aromatic heterocycles. The second-order valence-electron chi connectivity index (χ2n) is 5.82. The fourth-order valence-electron chi connectivity index (χ4n) is 3.34. The highest BCUT2D eigenvalue weighted by molar-refractivity contribution is 5.18. The third-order valence-corrected chi connectivity index (χ3v) is 4.44. The van der Waals surface area contributed by atoms with Crippen LogP contribution in [0.2, 0.25) is 0 Å². The van der Waals surface area contributed by atoms with Gasteiger partial charge in [0.15, 0.2) is 11.6 Å². The van der Waals surface area contributed by atoms with E-state index in [-0.39, 0.29) is 0 Å². The number of rotatable bonds is 2. The molecule has 4 heteroatoms. The third kappa shape index (κ3) is 2.65. The Morgan fingerprint density at radius 3 is 2.84 bits per heavy atom. The fraction of sp³-hybridized carbons (Fsp3) is 0.600. The Labute approximate surface area is 113 Å². The van der Waals surface area contributed by atoms with Gasteiger partial charge >= 0.3 is 0 Å². The molecule has 0 aliphatic carbocycles. The molecule has 0 spiro atoms. The Hall–Kier alpha value is -1.00. The van der Waals surface area contributed by atoms with Gasteiger partial charge in [-0.2, -0.15) is 0 Å². The fourth-order valence-corrected chi connectivity index (χ4v) is 3.34. The predicted molar refractivity (Wildman–Crippen MR) is 70.8 cm³/mol. The zero-order chi connectivity index (χ0) is 13.4. The van der Waals surface area contributed by atoms with Gasteiger partial charge in [-0.1, -0.05) is 6.07 Å². The van der Waals surface area contributed by atoms with Crippen LogP contribution in [0.1, 0.15) is 25.3 Å². The molecule has 104 valence electrons. The van der Waals surface area contributed by atoms with Crippen molar-refractivity contribution in [1.29, 1.82) is 0 Å². The van der Waals surface area contributed by atoms with E-state index in [4.69, 9.17) is 0 Å². The molecular weight excluding hydrogens is 246 g/mol. The Morgan fingerprint density at radius 2 is 2.05 bits per heavy atom. The summed E-state index contributed by atoms with van der Waals surface area (Å²) < 4.78 is 26.2. The molecule has 2 nitrogen and oxygen atoms in total. The zero-order valence-electron chi connectivity index (χ0n) is 11.3. The number of halogens is 2. The van der Waals surface area contributed by atoms with Gasteiger partial charge in [0, 0.05) is 31.7 Å². The van der Waals surface area contributed by atoms with Crippen molar-refractivity contribution >= 4 is 0 Å². The number of piperazine rings is 1. The van der Waals surface area contributed by atoms with E-state index in [1.54, 1.807) is 6.07 Å². The van der Waals surface area contributed by atoms with E-state index in [0.29, 0.717) is 18.6 Å². The summed E-state index contributed by atoms with van der Waals surface area (Å²) in [7, 11) is 0. The molecular formula is C15H20F2N2. The Kier molecular flexibility index (Phi) is 3.54. The highest BCUT2D eigenvalue weighted by Gasteiger charge is 2.34. The van der Waals surface area contributed by atoms with Crippen LogP contribution in [0.15, 0.2) is 18.2 Å². The number of hydrogen-bond acceptors (Lipinski definition) is 2. The van der Waals surface area contributed by atoms with Crippen molar-refractivity contribution in [2.75, 3.05) is 19.6 Å². The first-order chi connectivity index (χ1) is 9.13. The second-order valence-corrected chi connectivity index (χ2v) is 5.82. The average molecular weight is 266 g/mol. The predicted octanol–water partition coefficient (Wildman–Crippen LogP) is 2.63. The van der Waals surface area contributed by atoms with Crippen molar-refractivity contribution in [3.8, 4) is 0 Å². The molecule has 0 radical (unpaired) electrons. The normalized spacial score (nSPS) is 28.6. The van der Waals surface area contributed by atoms with Crippen LogP contribution in [0.25, 0.3) is 0 Å². The standard InChI is InChI=1S/C15H20F2N2/c1-11-8-18-6-2-3-13(18)10-19(11)9-12-4-5-14(16)15(17)7-12/h4-5,7,11,13H,2-3,6,8-10H2,1H3/t11-,13+/m1/s1. The second kappa shape index (κ2) is 5.17. The van der Waals surface area contributed by atoms with Crippen molar-refractivity contribution in [1.82, 2.24) is 9.80 Å². The summed E-state index contributed by atoms with van der Waals surface area (Å²) in [6, 6.07) is 5.36. The number of nitrogens with zero attached hydrogens (tertiary/aromatic N) is 2. The van der Waals surface area contributed by atoms with Crippen molar-refractivity contribution in [2.24, 2.45) is 0 Å². The third-order valence-electron chi connectivity index (χ3n) is 4.44. The van der Waals surface area contributed by atoms with E-state index < -0.39 is 11.6 Å². The molecule has 1 aromatic carbocycles. The Balaban J connectivity index is 1.70. The number of hydrogen-bond donors (Lipinski definition) is 0. The summed E-state index contributed by atoms with van der Waals surface area (Å²) in [6.07, 6.45) is 2.55. The van der Waals surface area contributed by atoms with Crippen LogP contribution in [-0.4, -0.2) is 41.5 Å². The molecule has 2 aliphatic heterocycles. The van der Waals surface area contributed by atoms with Crippen LogP contribution in [0, 0.1) is 11.6 Å². The summed E-state index contributed by atoms with van der Waals surface area (Å²) in [4.78, 5) is 4.95. The Morgan fingerprint density at radius 1 is 1.21 bits per heavy atom. The van der Waals surface area contributed by atoms with Gasteiger partial charge in [0.25, 0.3) is 0 Å². The van der Waals surface area contributed by atoms with E-state index in [1.165, 1.54) is 31.5 Å². The zero-order valence-corrected chi connectivity index (χ0v) is 11.3. The molecule has 2 heterocycles. The lowest BCUT2D eigenvalue weighted by molar-refractivity contribution is 0.0539. The molecule has 0 N–H and O–H groups in total. The van der Waals surface area contributed by atoms with Crippen LogP contribution in [-0.2, 0) is 6.54 Å². The SMILES string of the molecule is C[C@@H]1CN2CCC[C@H]2CN1Cc1ccc(F)c(F)c1. The molecule has 2 saturated heterocycles. The van der Waals surface area contributed by atoms with E-state index in [0.717, 1.165) is 18.7 Å². The van der Waals surface area contributed by atoms with Crippen molar-refractivity contribution in [2.45, 2.75) is 38.4 Å². The first-order valence-corrected chi connectivity index (χ1v) is 7.05. The number of benzene rings is 1. The largest absolute Gasteiger partial charge is 0.298 e. The maximum atomic E-state index is 13.2. The van der Waals surface area contributed by atoms with Crippen LogP contribution < -0.4 is 0 Å². The summed E-state index contributed by atoms with van der Waals surface area (Å²) in [5, 5.41) is 0. The molecule has 0 bridgehead atoms. The van der Waals surface area contributed by atoms with E-state index in [9.17, 15) is 8.78 Å². The van der Waals surface area contributed by atoms with Crippen molar-refractivity contribution in [3.63, 3.8) is 0 Å². The van der Waals surface area contributed by atoms with E-state index in [2.05, 4.69) is 16.7 Å². The first kappa shape index (κ1) is 13.0. The van der Waals surface area contributed by atoms with Gasteiger partial charge in [-0.3, -0.25) is 9.80 Å². The maximum absolute atomic E-state index is 13.2. The molecule has 0 amide bonds. The minimum Gasteiger partial charge on any atom is -0.298 e. The smallest absolute Gasteiger partial charge is 0.159 e. The van der Waals surface area contributed by atoms with Gasteiger partial charge < -0.3 is 0 Å². The van der Waals surface area contributed by atoms with Crippen LogP contribution >= 0.6 is 0 Å². The topological polar surface area (TPSA) is 6.48 Å². The van der Waals surface area contributed by atoms with Gasteiger partial charge in [-0.15, -0.1) is 0 Å². The summed E-state index contributed by atoms with van der Waals surface area (Å²) >= 11 is 0. The molecule has 0 unspecified atom stereocenters. The molecule has 0 saturated carbocycles. The summed E-state index contributed by atoms with van der Waals surface area (Å²) in [6.45, 7) is 6.28. The highest BCUT2D eigenvalue weighted by Crippen LogP contribution is 2.25. The van der Waals surface area contributed by atoms with Crippen LogP contribution in [0.3, 0.4) is 0 Å². The minimum absolute atomic E-state index is 0.475. The lowest BCUT2D eigenvalue weighted by Gasteiger charge is -2.42. The quantitative estimate of drug-likeness (QED) is 0.812. The van der Waals surface area contributed by atoms with Gasteiger partial charge in [-0.05, 0) is 44.0 Å². The summed E-state index contributed by atoms with van der Waals surface area (Å²) in [5.74, 6) is -1.51. The van der Waals surface area contributed by atoms with Gasteiger partial charge in [0.05, 0.1) is 0 Å². The van der Waals surface area contributed by atoms with Crippen molar-refractivity contribution in [3.05, 3.63) is 35.4 Å². The lowest BCUT2D eigenvalue weighted by Crippen LogP contribution is -2.54. The van der Waals surface area contributed by atoms with E-state index in [1.807, 2.05) is 0 Å². The molecule has 2 fully saturated rings. The first-order valence-electron chi connectivity index (χ1n) is 7.05. The van der Waals surface area contributed by atoms with Crippen LogP contribution in [0.4, 0.5) is 8.78 Å². The lowest BCUT2D eigenvalue weighted by atomic mass is 10.1. The highest BCUT2D eigenvalue weighted by atomic mass is 19.2.